The molecular formula is C9H12N2O3S. The molecule has 1 unspecified atom stereocenters. The lowest BCUT2D eigenvalue weighted by Gasteiger charge is -2.07. The molecule has 82 valence electrons. The molecule has 1 N–H and O–H groups in total. The molecule has 0 saturated carbocycles. The van der Waals surface area contributed by atoms with Crippen LogP contribution in [-0.4, -0.2) is 29.6 Å². The van der Waals surface area contributed by atoms with Gasteiger partial charge in [-0.05, 0) is 18.9 Å². The van der Waals surface area contributed by atoms with E-state index >= 15 is 0 Å². The van der Waals surface area contributed by atoms with Gasteiger partial charge in [-0.1, -0.05) is 0 Å². The van der Waals surface area contributed by atoms with E-state index in [2.05, 4.69) is 10.2 Å². The number of hydrogen-bond acceptors (Lipinski definition) is 4. The molecule has 5 nitrogen and oxygen atoms in total. The molecule has 1 aromatic rings. The SMILES string of the molecule is O=c1ccc(CC2CCCS2(=O)=O)n[nH]1. The van der Waals surface area contributed by atoms with E-state index < -0.39 is 9.84 Å². The minimum absolute atomic E-state index is 0.270. The van der Waals surface area contributed by atoms with Gasteiger partial charge in [-0.2, -0.15) is 5.10 Å². The normalized spacial score (nSPS) is 24.1. The van der Waals surface area contributed by atoms with E-state index in [1.54, 1.807) is 6.07 Å². The van der Waals surface area contributed by atoms with E-state index in [1.807, 2.05) is 0 Å². The summed E-state index contributed by atoms with van der Waals surface area (Å²) in [7, 11) is -2.93. The second kappa shape index (κ2) is 3.77. The van der Waals surface area contributed by atoms with Gasteiger partial charge in [0.25, 0.3) is 5.56 Å². The molecule has 1 aliphatic heterocycles. The number of aromatic nitrogens is 2. The van der Waals surface area contributed by atoms with Gasteiger partial charge in [0.1, 0.15) is 0 Å². The van der Waals surface area contributed by atoms with Gasteiger partial charge < -0.3 is 0 Å². The van der Waals surface area contributed by atoms with Gasteiger partial charge in [0.2, 0.25) is 0 Å². The lowest BCUT2D eigenvalue weighted by Crippen LogP contribution is -2.20. The van der Waals surface area contributed by atoms with Crippen LogP contribution < -0.4 is 5.56 Å². The molecule has 1 saturated heterocycles. The predicted octanol–water partition coefficient (Wildman–Crippen LogP) is -0.110. The van der Waals surface area contributed by atoms with Crippen molar-refractivity contribution >= 4 is 9.84 Å². The van der Waals surface area contributed by atoms with Gasteiger partial charge in [-0.3, -0.25) is 4.79 Å². The van der Waals surface area contributed by atoms with Crippen molar-refractivity contribution in [1.82, 2.24) is 10.2 Å². The first kappa shape index (κ1) is 10.4. The van der Waals surface area contributed by atoms with Crippen LogP contribution in [0.4, 0.5) is 0 Å². The van der Waals surface area contributed by atoms with Crippen molar-refractivity contribution in [2.45, 2.75) is 24.5 Å². The van der Waals surface area contributed by atoms with Gasteiger partial charge in [-0.15, -0.1) is 0 Å². The third kappa shape index (κ3) is 2.26. The smallest absolute Gasteiger partial charge is 0.264 e. The number of hydrogen-bond donors (Lipinski definition) is 1. The zero-order valence-corrected chi connectivity index (χ0v) is 8.96. The van der Waals surface area contributed by atoms with Gasteiger partial charge in [0.05, 0.1) is 16.7 Å². The monoisotopic (exact) mass is 228 g/mol. The average Bonchev–Trinajstić information content (AvgIpc) is 2.50. The van der Waals surface area contributed by atoms with Gasteiger partial charge in [0, 0.05) is 12.5 Å². The molecular weight excluding hydrogens is 216 g/mol. The summed E-state index contributed by atoms with van der Waals surface area (Å²) >= 11 is 0. The van der Waals surface area contributed by atoms with Gasteiger partial charge in [0.15, 0.2) is 9.84 Å². The Morgan fingerprint density at radius 1 is 1.47 bits per heavy atom. The Labute approximate surface area is 87.4 Å². The van der Waals surface area contributed by atoms with Crippen molar-refractivity contribution in [3.63, 3.8) is 0 Å². The van der Waals surface area contributed by atoms with Crippen molar-refractivity contribution < 1.29 is 8.42 Å². The van der Waals surface area contributed by atoms with Crippen LogP contribution in [0.15, 0.2) is 16.9 Å². The zero-order valence-electron chi connectivity index (χ0n) is 8.14. The number of rotatable bonds is 2. The average molecular weight is 228 g/mol. The van der Waals surface area contributed by atoms with Crippen molar-refractivity contribution in [3.8, 4) is 0 Å². The van der Waals surface area contributed by atoms with E-state index in [1.165, 1.54) is 6.07 Å². The molecule has 0 aliphatic carbocycles. The fraction of sp³-hybridized carbons (Fsp3) is 0.556. The summed E-state index contributed by atoms with van der Waals surface area (Å²) < 4.78 is 23.1. The molecule has 15 heavy (non-hydrogen) atoms. The summed E-state index contributed by atoms with van der Waals surface area (Å²) in [5.74, 6) is 0.279. The fourth-order valence-electron chi connectivity index (χ4n) is 1.81. The van der Waals surface area contributed by atoms with Crippen LogP contribution >= 0.6 is 0 Å². The molecule has 0 spiro atoms. The van der Waals surface area contributed by atoms with Gasteiger partial charge >= 0.3 is 0 Å². The topological polar surface area (TPSA) is 79.9 Å². The summed E-state index contributed by atoms with van der Waals surface area (Å²) in [6, 6.07) is 2.94. The van der Waals surface area contributed by atoms with E-state index in [0.717, 1.165) is 6.42 Å². The fourth-order valence-corrected chi connectivity index (χ4v) is 3.66. The van der Waals surface area contributed by atoms with Crippen LogP contribution in [0, 0.1) is 0 Å². The molecule has 0 amide bonds. The van der Waals surface area contributed by atoms with Crippen LogP contribution in [0.3, 0.4) is 0 Å². The molecule has 2 rings (SSSR count). The first-order valence-corrected chi connectivity index (χ1v) is 6.56. The Morgan fingerprint density at radius 2 is 2.27 bits per heavy atom. The Balaban J connectivity index is 2.16. The number of sulfone groups is 1. The van der Waals surface area contributed by atoms with Crippen LogP contribution in [0.1, 0.15) is 18.5 Å². The third-order valence-electron chi connectivity index (χ3n) is 2.64. The highest BCUT2D eigenvalue weighted by molar-refractivity contribution is 7.92. The molecule has 6 heteroatoms. The van der Waals surface area contributed by atoms with Gasteiger partial charge in [-0.25, -0.2) is 13.5 Å². The standard InChI is InChI=1S/C9H12N2O3S/c12-9-4-3-7(10-11-9)6-8-2-1-5-15(8,13)14/h3-4,8H,1-2,5-6H2,(H,11,12). The predicted molar refractivity (Wildman–Crippen MR) is 55.4 cm³/mol. The number of H-pyrrole nitrogens is 1. The highest BCUT2D eigenvalue weighted by Crippen LogP contribution is 2.22. The Kier molecular flexibility index (Phi) is 2.60. The summed E-state index contributed by atoms with van der Waals surface area (Å²) in [5, 5.41) is 5.78. The first-order valence-electron chi connectivity index (χ1n) is 4.84. The molecule has 1 aromatic heterocycles. The van der Waals surface area contributed by atoms with Crippen molar-refractivity contribution in [1.29, 1.82) is 0 Å². The minimum Gasteiger partial charge on any atom is -0.268 e. The first-order chi connectivity index (χ1) is 7.08. The molecule has 1 fully saturated rings. The minimum atomic E-state index is -2.93. The second-order valence-corrected chi connectivity index (χ2v) is 6.15. The largest absolute Gasteiger partial charge is 0.268 e. The van der Waals surface area contributed by atoms with E-state index in [-0.39, 0.29) is 16.6 Å². The summed E-state index contributed by atoms with van der Waals surface area (Å²) in [5.41, 5.74) is 0.359. The molecule has 0 radical (unpaired) electrons. The quantitative estimate of drug-likeness (QED) is 0.766. The maximum absolute atomic E-state index is 11.5. The lowest BCUT2D eigenvalue weighted by molar-refractivity contribution is 0.586. The third-order valence-corrected chi connectivity index (χ3v) is 4.91. The van der Waals surface area contributed by atoms with Crippen molar-refractivity contribution in [2.24, 2.45) is 0 Å². The van der Waals surface area contributed by atoms with Crippen LogP contribution in [-0.2, 0) is 16.3 Å². The lowest BCUT2D eigenvalue weighted by atomic mass is 10.1. The maximum Gasteiger partial charge on any atom is 0.264 e. The Bertz CT molecular complexity index is 486. The highest BCUT2D eigenvalue weighted by Gasteiger charge is 2.31. The molecule has 2 heterocycles. The number of nitrogens with one attached hydrogen (secondary N) is 1. The van der Waals surface area contributed by atoms with E-state index in [9.17, 15) is 13.2 Å². The molecule has 0 aromatic carbocycles. The summed E-state index contributed by atoms with van der Waals surface area (Å²) in [6.07, 6.45) is 1.83. The zero-order chi connectivity index (χ0) is 10.9. The number of aromatic amines is 1. The second-order valence-electron chi connectivity index (χ2n) is 3.75. The van der Waals surface area contributed by atoms with E-state index in [0.29, 0.717) is 18.5 Å². The highest BCUT2D eigenvalue weighted by atomic mass is 32.2. The van der Waals surface area contributed by atoms with Crippen molar-refractivity contribution in [3.05, 3.63) is 28.2 Å². The Hall–Kier alpha value is -1.17. The maximum atomic E-state index is 11.5. The van der Waals surface area contributed by atoms with Crippen molar-refractivity contribution in [2.75, 3.05) is 5.75 Å². The molecule has 0 bridgehead atoms. The van der Waals surface area contributed by atoms with Crippen LogP contribution in [0.25, 0.3) is 0 Å². The summed E-state index contributed by atoms with van der Waals surface area (Å²) in [6.45, 7) is 0. The van der Waals surface area contributed by atoms with Crippen LogP contribution in [0.5, 0.6) is 0 Å². The van der Waals surface area contributed by atoms with Crippen LogP contribution in [0.2, 0.25) is 0 Å². The molecule has 1 atom stereocenters. The van der Waals surface area contributed by atoms with E-state index in [4.69, 9.17) is 0 Å². The Morgan fingerprint density at radius 3 is 2.80 bits per heavy atom. The summed E-state index contributed by atoms with van der Waals surface area (Å²) in [4.78, 5) is 10.7. The molecule has 1 aliphatic rings. The number of nitrogens with zero attached hydrogens (tertiary/aromatic N) is 1.